The second kappa shape index (κ2) is 6.54. The molecule has 94 valence electrons. The molecule has 1 heterocycles. The van der Waals surface area contributed by atoms with Gasteiger partial charge in [-0.15, -0.1) is 0 Å². The van der Waals surface area contributed by atoms with E-state index < -0.39 is 0 Å². The number of rotatable bonds is 5. The Labute approximate surface area is 110 Å². The summed E-state index contributed by atoms with van der Waals surface area (Å²) in [5.74, 6) is 1.46. The lowest BCUT2D eigenvalue weighted by atomic mass is 10.3. The van der Waals surface area contributed by atoms with E-state index in [0.717, 1.165) is 23.3 Å². The molecular weight excluding hydrogens is 284 g/mol. The van der Waals surface area contributed by atoms with E-state index in [9.17, 15) is 4.79 Å². The van der Waals surface area contributed by atoms with Crippen LogP contribution in [0.25, 0.3) is 0 Å². The van der Waals surface area contributed by atoms with Gasteiger partial charge in [0.05, 0.1) is 6.54 Å². The molecular formula is C11H17BrN4O. The Bertz CT molecular complexity index is 395. The SMILES string of the molecule is CCCc1nc(Br)cc(NCC(=O)N(C)C)n1. The van der Waals surface area contributed by atoms with Gasteiger partial charge in [0, 0.05) is 26.6 Å². The molecule has 0 radical (unpaired) electrons. The average molecular weight is 301 g/mol. The lowest BCUT2D eigenvalue weighted by Crippen LogP contribution is -2.28. The lowest BCUT2D eigenvalue weighted by molar-refractivity contribution is -0.126. The number of likely N-dealkylation sites (N-methyl/N-ethyl adjacent to an activating group) is 1. The fourth-order valence-corrected chi connectivity index (χ4v) is 1.64. The predicted molar refractivity (Wildman–Crippen MR) is 70.9 cm³/mol. The number of hydrogen-bond donors (Lipinski definition) is 1. The van der Waals surface area contributed by atoms with Crippen molar-refractivity contribution in [3.8, 4) is 0 Å². The monoisotopic (exact) mass is 300 g/mol. The summed E-state index contributed by atoms with van der Waals surface area (Å²) in [6.07, 6.45) is 1.82. The van der Waals surface area contributed by atoms with E-state index in [4.69, 9.17) is 0 Å². The van der Waals surface area contributed by atoms with Gasteiger partial charge in [0.2, 0.25) is 5.91 Å². The Morgan fingerprint density at radius 1 is 1.47 bits per heavy atom. The predicted octanol–water partition coefficient (Wildman–Crippen LogP) is 1.69. The van der Waals surface area contributed by atoms with E-state index in [1.165, 1.54) is 4.90 Å². The van der Waals surface area contributed by atoms with Gasteiger partial charge in [-0.1, -0.05) is 6.92 Å². The number of carbonyl (C=O) groups excluding carboxylic acids is 1. The van der Waals surface area contributed by atoms with E-state index in [1.54, 1.807) is 20.2 Å². The van der Waals surface area contributed by atoms with Crippen LogP contribution >= 0.6 is 15.9 Å². The molecule has 1 aromatic heterocycles. The maximum absolute atomic E-state index is 11.4. The molecule has 0 saturated heterocycles. The Hall–Kier alpha value is -1.17. The zero-order valence-electron chi connectivity index (χ0n) is 10.3. The highest BCUT2D eigenvalue weighted by Gasteiger charge is 2.06. The first-order valence-corrected chi connectivity index (χ1v) is 6.29. The van der Waals surface area contributed by atoms with Crippen molar-refractivity contribution in [2.24, 2.45) is 0 Å². The topological polar surface area (TPSA) is 58.1 Å². The van der Waals surface area contributed by atoms with Crippen LogP contribution in [0.15, 0.2) is 10.7 Å². The number of aryl methyl sites for hydroxylation is 1. The fourth-order valence-electron chi connectivity index (χ4n) is 1.21. The summed E-state index contributed by atoms with van der Waals surface area (Å²) in [6, 6.07) is 1.77. The third-order valence-corrected chi connectivity index (χ3v) is 2.54. The van der Waals surface area contributed by atoms with Gasteiger partial charge < -0.3 is 10.2 Å². The van der Waals surface area contributed by atoms with Crippen LogP contribution in [-0.2, 0) is 11.2 Å². The summed E-state index contributed by atoms with van der Waals surface area (Å²) in [5.41, 5.74) is 0. The summed E-state index contributed by atoms with van der Waals surface area (Å²) in [5, 5.41) is 2.99. The van der Waals surface area contributed by atoms with E-state index in [1.807, 2.05) is 0 Å². The van der Waals surface area contributed by atoms with Crippen molar-refractivity contribution in [2.75, 3.05) is 26.0 Å². The maximum Gasteiger partial charge on any atom is 0.241 e. The number of amides is 1. The van der Waals surface area contributed by atoms with E-state index in [0.29, 0.717) is 5.82 Å². The maximum atomic E-state index is 11.4. The van der Waals surface area contributed by atoms with Gasteiger partial charge in [0.25, 0.3) is 0 Å². The molecule has 0 aliphatic rings. The molecule has 0 bridgehead atoms. The smallest absolute Gasteiger partial charge is 0.241 e. The molecule has 1 amide bonds. The Kier molecular flexibility index (Phi) is 5.34. The first-order chi connectivity index (χ1) is 8.02. The summed E-state index contributed by atoms with van der Waals surface area (Å²) >= 11 is 3.33. The minimum absolute atomic E-state index is 0.0109. The van der Waals surface area contributed by atoms with Gasteiger partial charge in [0.15, 0.2) is 0 Å². The van der Waals surface area contributed by atoms with Gasteiger partial charge in [-0.3, -0.25) is 4.79 Å². The van der Waals surface area contributed by atoms with Crippen LogP contribution < -0.4 is 5.32 Å². The molecule has 6 heteroatoms. The molecule has 0 saturated carbocycles. The molecule has 5 nitrogen and oxygen atoms in total. The standard InChI is InChI=1S/C11H17BrN4O/c1-4-5-9-14-8(12)6-10(15-9)13-7-11(17)16(2)3/h6H,4-5,7H2,1-3H3,(H,13,14,15). The molecule has 1 rings (SSSR count). The highest BCUT2D eigenvalue weighted by atomic mass is 79.9. The Morgan fingerprint density at radius 3 is 2.76 bits per heavy atom. The average Bonchev–Trinajstić information content (AvgIpc) is 2.25. The molecule has 0 fully saturated rings. The molecule has 0 aromatic carbocycles. The number of hydrogen-bond acceptors (Lipinski definition) is 4. The molecule has 0 aliphatic carbocycles. The molecule has 0 aliphatic heterocycles. The number of halogens is 1. The van der Waals surface area contributed by atoms with Gasteiger partial charge in [-0.2, -0.15) is 0 Å². The summed E-state index contributed by atoms with van der Waals surface area (Å²) in [7, 11) is 3.45. The van der Waals surface area contributed by atoms with Crippen LogP contribution in [0, 0.1) is 0 Å². The van der Waals surface area contributed by atoms with Crippen molar-refractivity contribution >= 4 is 27.7 Å². The van der Waals surface area contributed by atoms with Crippen LogP contribution in [0.4, 0.5) is 5.82 Å². The van der Waals surface area contributed by atoms with Crippen molar-refractivity contribution < 1.29 is 4.79 Å². The molecule has 0 atom stereocenters. The zero-order chi connectivity index (χ0) is 12.8. The number of nitrogens with one attached hydrogen (secondary N) is 1. The van der Waals surface area contributed by atoms with Crippen LogP contribution in [0.5, 0.6) is 0 Å². The summed E-state index contributed by atoms with van der Waals surface area (Å²) in [6.45, 7) is 2.31. The van der Waals surface area contributed by atoms with E-state index in [-0.39, 0.29) is 12.5 Å². The molecule has 0 unspecified atom stereocenters. The number of nitrogens with zero attached hydrogens (tertiary/aromatic N) is 3. The lowest BCUT2D eigenvalue weighted by Gasteiger charge is -2.11. The van der Waals surface area contributed by atoms with Crippen LogP contribution in [-0.4, -0.2) is 41.4 Å². The molecule has 17 heavy (non-hydrogen) atoms. The molecule has 0 spiro atoms. The van der Waals surface area contributed by atoms with E-state index in [2.05, 4.69) is 38.1 Å². The number of aromatic nitrogens is 2. The quantitative estimate of drug-likeness (QED) is 0.841. The van der Waals surface area contributed by atoms with Crippen molar-refractivity contribution in [2.45, 2.75) is 19.8 Å². The van der Waals surface area contributed by atoms with Crippen LogP contribution in [0.3, 0.4) is 0 Å². The van der Waals surface area contributed by atoms with Gasteiger partial charge in [-0.05, 0) is 22.4 Å². The first-order valence-electron chi connectivity index (χ1n) is 5.50. The minimum atomic E-state index is 0.0109. The number of carbonyl (C=O) groups is 1. The summed E-state index contributed by atoms with van der Waals surface area (Å²) in [4.78, 5) is 21.5. The first kappa shape index (κ1) is 13.9. The van der Waals surface area contributed by atoms with Crippen LogP contribution in [0.2, 0.25) is 0 Å². The molecule has 1 aromatic rings. The van der Waals surface area contributed by atoms with Crippen molar-refractivity contribution in [3.05, 3.63) is 16.5 Å². The normalized spacial score (nSPS) is 10.1. The van der Waals surface area contributed by atoms with Gasteiger partial charge >= 0.3 is 0 Å². The van der Waals surface area contributed by atoms with Gasteiger partial charge in [-0.25, -0.2) is 9.97 Å². The highest BCUT2D eigenvalue weighted by molar-refractivity contribution is 9.10. The highest BCUT2D eigenvalue weighted by Crippen LogP contribution is 2.13. The minimum Gasteiger partial charge on any atom is -0.361 e. The van der Waals surface area contributed by atoms with Crippen LogP contribution in [0.1, 0.15) is 19.2 Å². The fraction of sp³-hybridized carbons (Fsp3) is 0.545. The van der Waals surface area contributed by atoms with Crippen molar-refractivity contribution in [1.82, 2.24) is 14.9 Å². The van der Waals surface area contributed by atoms with E-state index >= 15 is 0 Å². The zero-order valence-corrected chi connectivity index (χ0v) is 11.9. The van der Waals surface area contributed by atoms with Crippen molar-refractivity contribution in [1.29, 1.82) is 0 Å². The Morgan fingerprint density at radius 2 is 2.18 bits per heavy atom. The van der Waals surface area contributed by atoms with Gasteiger partial charge in [0.1, 0.15) is 16.2 Å². The Balaban J connectivity index is 2.67. The summed E-state index contributed by atoms with van der Waals surface area (Å²) < 4.78 is 0.732. The molecule has 1 N–H and O–H groups in total. The second-order valence-corrected chi connectivity index (χ2v) is 4.70. The van der Waals surface area contributed by atoms with Crippen molar-refractivity contribution in [3.63, 3.8) is 0 Å². The third kappa shape index (κ3) is 4.68. The third-order valence-electron chi connectivity index (χ3n) is 2.13. The second-order valence-electron chi connectivity index (χ2n) is 3.88. The number of anilines is 1. The largest absolute Gasteiger partial charge is 0.361 e.